The van der Waals surface area contributed by atoms with Crippen LogP contribution in [0.25, 0.3) is 0 Å². The first-order valence-corrected chi connectivity index (χ1v) is 7.31. The van der Waals surface area contributed by atoms with Crippen LogP contribution in [0.15, 0.2) is 11.6 Å². The second-order valence-corrected chi connectivity index (χ2v) is 6.94. The van der Waals surface area contributed by atoms with Gasteiger partial charge in [-0.1, -0.05) is 25.5 Å². The molecular weight excluding hydrogens is 224 g/mol. The summed E-state index contributed by atoms with van der Waals surface area (Å²) in [4.78, 5) is 0. The topological polar surface area (TPSA) is 18.5 Å². The van der Waals surface area contributed by atoms with Gasteiger partial charge in [0.05, 0.1) is 12.7 Å². The van der Waals surface area contributed by atoms with Gasteiger partial charge in [0.25, 0.3) is 0 Å². The maximum absolute atomic E-state index is 5.90. The summed E-state index contributed by atoms with van der Waals surface area (Å²) in [7, 11) is 0. The van der Waals surface area contributed by atoms with Crippen LogP contribution in [-0.2, 0) is 9.47 Å². The number of hydrogen-bond donors (Lipinski definition) is 0. The Morgan fingerprint density at radius 3 is 2.61 bits per heavy atom. The van der Waals surface area contributed by atoms with Crippen LogP contribution in [-0.4, -0.2) is 18.5 Å². The van der Waals surface area contributed by atoms with Crippen LogP contribution in [0.5, 0.6) is 0 Å². The van der Waals surface area contributed by atoms with E-state index in [0.717, 1.165) is 13.0 Å². The molecule has 2 rings (SSSR count). The highest BCUT2D eigenvalue weighted by Gasteiger charge is 2.38. The lowest BCUT2D eigenvalue weighted by Gasteiger charge is -2.39. The Bertz CT molecular complexity index is 332. The third-order valence-electron chi connectivity index (χ3n) is 4.71. The first-order chi connectivity index (χ1) is 8.32. The van der Waals surface area contributed by atoms with Crippen molar-refractivity contribution in [3.8, 4) is 0 Å². The molecule has 1 aliphatic heterocycles. The van der Waals surface area contributed by atoms with Crippen LogP contribution in [0.3, 0.4) is 0 Å². The van der Waals surface area contributed by atoms with Gasteiger partial charge in [0, 0.05) is 6.42 Å². The Balaban J connectivity index is 1.96. The molecule has 0 N–H and O–H groups in total. The molecule has 2 heteroatoms. The van der Waals surface area contributed by atoms with E-state index >= 15 is 0 Å². The Labute approximate surface area is 112 Å². The van der Waals surface area contributed by atoms with E-state index in [1.807, 2.05) is 0 Å². The van der Waals surface area contributed by atoms with E-state index in [2.05, 4.69) is 40.7 Å². The van der Waals surface area contributed by atoms with Gasteiger partial charge in [-0.05, 0) is 51.4 Å². The van der Waals surface area contributed by atoms with E-state index in [9.17, 15) is 0 Å². The summed E-state index contributed by atoms with van der Waals surface area (Å²) in [6, 6.07) is 0. The molecule has 2 nitrogen and oxygen atoms in total. The third-order valence-corrected chi connectivity index (χ3v) is 4.71. The van der Waals surface area contributed by atoms with Crippen LogP contribution in [0, 0.1) is 11.3 Å². The second-order valence-electron chi connectivity index (χ2n) is 6.94. The average Bonchev–Trinajstić information content (AvgIpc) is 2.57. The van der Waals surface area contributed by atoms with Crippen LogP contribution in [0.1, 0.15) is 60.3 Å². The van der Waals surface area contributed by atoms with Gasteiger partial charge in [0.15, 0.2) is 5.79 Å². The Morgan fingerprint density at radius 1 is 1.33 bits per heavy atom. The molecule has 0 aromatic carbocycles. The zero-order valence-corrected chi connectivity index (χ0v) is 12.6. The summed E-state index contributed by atoms with van der Waals surface area (Å²) in [5.74, 6) is 0.318. The highest BCUT2D eigenvalue weighted by Crippen LogP contribution is 2.44. The summed E-state index contributed by atoms with van der Waals surface area (Å²) in [6.07, 6.45) is 7.35. The molecular formula is C16H28O2. The Morgan fingerprint density at radius 2 is 2.06 bits per heavy atom. The normalized spacial score (nSPS) is 39.7. The van der Waals surface area contributed by atoms with E-state index in [1.165, 1.54) is 19.3 Å². The van der Waals surface area contributed by atoms with Crippen LogP contribution in [0.4, 0.5) is 0 Å². The van der Waals surface area contributed by atoms with E-state index < -0.39 is 0 Å². The molecule has 1 aliphatic carbocycles. The smallest absolute Gasteiger partial charge is 0.166 e. The van der Waals surface area contributed by atoms with Gasteiger partial charge in [-0.2, -0.15) is 0 Å². The monoisotopic (exact) mass is 252 g/mol. The van der Waals surface area contributed by atoms with Crippen molar-refractivity contribution in [2.75, 3.05) is 6.61 Å². The standard InChI is InChI=1S/C16H28O2/c1-12-7-6-9-15(3,4)14(12)8-10-16(5)17-11-13(2)18-16/h7,13-14H,6,8-11H2,1-5H3. The maximum Gasteiger partial charge on any atom is 0.166 e. The fourth-order valence-electron chi connectivity index (χ4n) is 3.55. The molecule has 1 saturated heterocycles. The zero-order valence-electron chi connectivity index (χ0n) is 12.6. The lowest BCUT2D eigenvalue weighted by Crippen LogP contribution is -2.32. The van der Waals surface area contributed by atoms with Gasteiger partial charge in [-0.15, -0.1) is 0 Å². The van der Waals surface area contributed by atoms with E-state index in [-0.39, 0.29) is 11.9 Å². The fraction of sp³-hybridized carbons (Fsp3) is 0.875. The van der Waals surface area contributed by atoms with Crippen molar-refractivity contribution in [1.82, 2.24) is 0 Å². The molecule has 0 radical (unpaired) electrons. The van der Waals surface area contributed by atoms with Gasteiger partial charge in [-0.3, -0.25) is 0 Å². The SMILES string of the molecule is CC1=CCCC(C)(C)C1CCC1(C)OCC(C)O1. The number of hydrogen-bond acceptors (Lipinski definition) is 2. The Kier molecular flexibility index (Phi) is 3.89. The zero-order chi connectivity index (χ0) is 13.4. The molecule has 0 aromatic rings. The molecule has 3 unspecified atom stereocenters. The van der Waals surface area contributed by atoms with Crippen molar-refractivity contribution in [3.63, 3.8) is 0 Å². The van der Waals surface area contributed by atoms with Gasteiger partial charge in [-0.25, -0.2) is 0 Å². The van der Waals surface area contributed by atoms with Gasteiger partial charge < -0.3 is 9.47 Å². The van der Waals surface area contributed by atoms with E-state index in [1.54, 1.807) is 5.57 Å². The summed E-state index contributed by atoms with van der Waals surface area (Å²) < 4.78 is 11.7. The fourth-order valence-corrected chi connectivity index (χ4v) is 3.55. The molecule has 0 saturated carbocycles. The maximum atomic E-state index is 5.90. The minimum Gasteiger partial charge on any atom is -0.348 e. The van der Waals surface area contributed by atoms with Crippen molar-refractivity contribution < 1.29 is 9.47 Å². The minimum absolute atomic E-state index is 0.242. The van der Waals surface area contributed by atoms with Crippen molar-refractivity contribution in [2.24, 2.45) is 11.3 Å². The van der Waals surface area contributed by atoms with Gasteiger partial charge >= 0.3 is 0 Å². The molecule has 2 aliphatic rings. The van der Waals surface area contributed by atoms with Gasteiger partial charge in [0.1, 0.15) is 0 Å². The average molecular weight is 252 g/mol. The molecule has 18 heavy (non-hydrogen) atoms. The molecule has 1 fully saturated rings. The number of rotatable bonds is 3. The predicted octanol–water partition coefficient (Wildman–Crippen LogP) is 4.30. The molecule has 0 spiro atoms. The molecule has 1 heterocycles. The molecule has 0 bridgehead atoms. The second kappa shape index (κ2) is 4.97. The largest absolute Gasteiger partial charge is 0.348 e. The van der Waals surface area contributed by atoms with E-state index in [0.29, 0.717) is 11.3 Å². The first kappa shape index (κ1) is 14.1. The van der Waals surface area contributed by atoms with Crippen LogP contribution >= 0.6 is 0 Å². The van der Waals surface area contributed by atoms with E-state index in [4.69, 9.17) is 9.47 Å². The minimum atomic E-state index is -0.354. The van der Waals surface area contributed by atoms with Crippen LogP contribution < -0.4 is 0 Å². The summed E-state index contributed by atoms with van der Waals surface area (Å²) in [5.41, 5.74) is 1.97. The highest BCUT2D eigenvalue weighted by atomic mass is 16.7. The van der Waals surface area contributed by atoms with Crippen molar-refractivity contribution >= 4 is 0 Å². The molecule has 0 aromatic heterocycles. The predicted molar refractivity (Wildman–Crippen MR) is 74.4 cm³/mol. The summed E-state index contributed by atoms with van der Waals surface area (Å²) in [6.45, 7) is 12.0. The van der Waals surface area contributed by atoms with Crippen molar-refractivity contribution in [3.05, 3.63) is 11.6 Å². The molecule has 3 atom stereocenters. The third kappa shape index (κ3) is 2.97. The lowest BCUT2D eigenvalue weighted by molar-refractivity contribution is -0.159. The first-order valence-electron chi connectivity index (χ1n) is 7.31. The number of allylic oxidation sites excluding steroid dienone is 2. The summed E-state index contributed by atoms with van der Waals surface area (Å²) in [5, 5.41) is 0. The van der Waals surface area contributed by atoms with Crippen molar-refractivity contribution in [2.45, 2.75) is 72.2 Å². The van der Waals surface area contributed by atoms with Gasteiger partial charge in [0.2, 0.25) is 0 Å². The quantitative estimate of drug-likeness (QED) is 0.697. The Hall–Kier alpha value is -0.340. The van der Waals surface area contributed by atoms with Crippen LogP contribution in [0.2, 0.25) is 0 Å². The molecule has 104 valence electrons. The highest BCUT2D eigenvalue weighted by molar-refractivity contribution is 5.12. The lowest BCUT2D eigenvalue weighted by atomic mass is 9.67. The van der Waals surface area contributed by atoms with Crippen molar-refractivity contribution in [1.29, 1.82) is 0 Å². The molecule has 0 amide bonds. The summed E-state index contributed by atoms with van der Waals surface area (Å²) >= 11 is 0. The number of ether oxygens (including phenoxy) is 2.